The molecule has 1 fully saturated rings. The Morgan fingerprint density at radius 1 is 1.45 bits per heavy atom. The number of carbonyl (C=O) groups is 3. The maximum absolute atomic E-state index is 10.8. The molecule has 1 N–H and O–H groups in total. The minimum atomic E-state index is -1.57. The topological polar surface area (TPSA) is 74.7 Å². The van der Waals surface area contributed by atoms with Crippen LogP contribution in [0.15, 0.2) is 0 Å². The summed E-state index contributed by atoms with van der Waals surface area (Å²) in [6.07, 6.45) is 0.844. The molecule has 1 saturated heterocycles. The van der Waals surface area contributed by atoms with E-state index in [1.54, 1.807) is 0 Å². The third-order valence-electron chi connectivity index (χ3n) is 1.50. The van der Waals surface area contributed by atoms with Crippen LogP contribution in [0.4, 0.5) is 0 Å². The molecule has 1 aliphatic heterocycles. The van der Waals surface area contributed by atoms with E-state index in [1.807, 2.05) is 0 Å². The van der Waals surface area contributed by atoms with Crippen molar-refractivity contribution in [1.82, 2.24) is 4.90 Å². The maximum Gasteiger partial charge on any atom is 0.395 e. The zero-order valence-electron chi connectivity index (χ0n) is 5.74. The zero-order valence-corrected chi connectivity index (χ0v) is 5.74. The molecule has 0 saturated carbocycles. The molecule has 0 aromatic heterocycles. The van der Waals surface area contributed by atoms with E-state index in [4.69, 9.17) is 5.11 Å². The van der Waals surface area contributed by atoms with Crippen LogP contribution < -0.4 is 0 Å². The van der Waals surface area contributed by atoms with Gasteiger partial charge in [-0.3, -0.25) is 14.5 Å². The molecule has 11 heavy (non-hydrogen) atoms. The molecule has 0 aliphatic carbocycles. The third kappa shape index (κ3) is 1.36. The maximum atomic E-state index is 10.8. The van der Waals surface area contributed by atoms with Gasteiger partial charge in [-0.05, 0) is 6.42 Å². The number of aliphatic carboxylic acids is 1. The molecule has 0 unspecified atom stereocenters. The molecule has 2 amide bonds. The number of hydrogen-bond acceptors (Lipinski definition) is 3. The van der Waals surface area contributed by atoms with E-state index in [1.165, 1.54) is 0 Å². The molecule has 0 bridgehead atoms. The molecule has 60 valence electrons. The molecule has 0 spiro atoms. The van der Waals surface area contributed by atoms with Gasteiger partial charge in [-0.15, -0.1) is 0 Å². The highest BCUT2D eigenvalue weighted by Crippen LogP contribution is 2.09. The molecule has 1 rings (SSSR count). The molecule has 5 heteroatoms. The van der Waals surface area contributed by atoms with Gasteiger partial charge in [0.1, 0.15) is 0 Å². The van der Waals surface area contributed by atoms with Gasteiger partial charge in [0.25, 0.3) is 0 Å². The molecule has 1 aliphatic rings. The van der Waals surface area contributed by atoms with Crippen LogP contribution in [-0.4, -0.2) is 34.3 Å². The average Bonchev–Trinajstić information content (AvgIpc) is 2.33. The SMILES string of the molecule is O=C(O)C(=O)N1CCCC1=O. The van der Waals surface area contributed by atoms with E-state index in [0.717, 1.165) is 4.90 Å². The van der Waals surface area contributed by atoms with Crippen molar-refractivity contribution in [1.29, 1.82) is 0 Å². The second-order valence-corrected chi connectivity index (χ2v) is 2.26. The van der Waals surface area contributed by atoms with Gasteiger partial charge in [-0.2, -0.15) is 0 Å². The van der Waals surface area contributed by atoms with Gasteiger partial charge in [-0.1, -0.05) is 0 Å². The van der Waals surface area contributed by atoms with E-state index in [2.05, 4.69) is 0 Å². The lowest BCUT2D eigenvalue weighted by Gasteiger charge is -2.08. The predicted molar refractivity (Wildman–Crippen MR) is 33.6 cm³/mol. The van der Waals surface area contributed by atoms with E-state index in [9.17, 15) is 14.4 Å². The second kappa shape index (κ2) is 2.69. The lowest BCUT2D eigenvalue weighted by Crippen LogP contribution is -2.37. The monoisotopic (exact) mass is 157 g/mol. The van der Waals surface area contributed by atoms with Gasteiger partial charge < -0.3 is 5.11 Å². The first kappa shape index (κ1) is 7.71. The summed E-state index contributed by atoms with van der Waals surface area (Å²) in [6, 6.07) is 0. The first-order valence-electron chi connectivity index (χ1n) is 3.20. The van der Waals surface area contributed by atoms with E-state index < -0.39 is 17.8 Å². The van der Waals surface area contributed by atoms with Crippen molar-refractivity contribution in [2.24, 2.45) is 0 Å². The number of nitrogens with zero attached hydrogens (tertiary/aromatic N) is 1. The van der Waals surface area contributed by atoms with Gasteiger partial charge in [0.05, 0.1) is 0 Å². The molecule has 0 atom stereocenters. The summed E-state index contributed by atoms with van der Waals surface area (Å²) in [5.74, 6) is -3.08. The number of imide groups is 1. The Kier molecular flexibility index (Phi) is 1.89. The Morgan fingerprint density at radius 2 is 2.09 bits per heavy atom. The predicted octanol–water partition coefficient (Wildman–Crippen LogP) is -0.780. The quantitative estimate of drug-likeness (QED) is 0.468. The minimum Gasteiger partial charge on any atom is -0.474 e. The number of hydrogen-bond donors (Lipinski definition) is 1. The fourth-order valence-electron chi connectivity index (χ4n) is 0.978. The van der Waals surface area contributed by atoms with Crippen molar-refractivity contribution in [3.63, 3.8) is 0 Å². The van der Waals surface area contributed by atoms with Crippen LogP contribution >= 0.6 is 0 Å². The smallest absolute Gasteiger partial charge is 0.395 e. The van der Waals surface area contributed by atoms with Crippen molar-refractivity contribution in [3.8, 4) is 0 Å². The molecular weight excluding hydrogens is 150 g/mol. The third-order valence-corrected chi connectivity index (χ3v) is 1.50. The number of rotatable bonds is 0. The minimum absolute atomic E-state index is 0.240. The van der Waals surface area contributed by atoms with Crippen LogP contribution in [0, 0.1) is 0 Å². The number of carboxylic acid groups (broad SMARTS) is 1. The number of amides is 2. The van der Waals surface area contributed by atoms with Gasteiger partial charge in [0.2, 0.25) is 5.91 Å². The highest BCUT2D eigenvalue weighted by molar-refractivity contribution is 6.34. The molecular formula is C6H7NO4. The summed E-state index contributed by atoms with van der Waals surface area (Å²) in [5.41, 5.74) is 0. The first-order valence-corrected chi connectivity index (χ1v) is 3.20. The van der Waals surface area contributed by atoms with Crippen LogP contribution in [0.3, 0.4) is 0 Å². The van der Waals surface area contributed by atoms with E-state index >= 15 is 0 Å². The normalized spacial score (nSPS) is 17.1. The highest BCUT2D eigenvalue weighted by Gasteiger charge is 2.30. The van der Waals surface area contributed by atoms with Gasteiger partial charge in [0.15, 0.2) is 0 Å². The standard InChI is InChI=1S/C6H7NO4/c8-4-2-1-3-7(4)5(9)6(10)11/h1-3H2,(H,10,11). The number of carbonyl (C=O) groups excluding carboxylic acids is 2. The molecule has 0 aromatic carbocycles. The van der Waals surface area contributed by atoms with Crippen molar-refractivity contribution in [3.05, 3.63) is 0 Å². The second-order valence-electron chi connectivity index (χ2n) is 2.26. The summed E-state index contributed by atoms with van der Waals surface area (Å²) < 4.78 is 0. The zero-order chi connectivity index (χ0) is 8.43. The Morgan fingerprint density at radius 3 is 2.45 bits per heavy atom. The largest absolute Gasteiger partial charge is 0.474 e. The van der Waals surface area contributed by atoms with Crippen LogP contribution in [0.25, 0.3) is 0 Å². The first-order chi connectivity index (χ1) is 5.13. The fourth-order valence-corrected chi connectivity index (χ4v) is 0.978. The lowest BCUT2D eigenvalue weighted by molar-refractivity contribution is -0.158. The number of carboxylic acids is 1. The summed E-state index contributed by atoms with van der Waals surface area (Å²) in [5, 5.41) is 8.22. The lowest BCUT2D eigenvalue weighted by atomic mass is 10.4. The van der Waals surface area contributed by atoms with Crippen LogP contribution in [0.1, 0.15) is 12.8 Å². The number of likely N-dealkylation sites (tertiary alicyclic amines) is 1. The Hall–Kier alpha value is -1.39. The van der Waals surface area contributed by atoms with Crippen molar-refractivity contribution in [2.45, 2.75) is 12.8 Å². The van der Waals surface area contributed by atoms with Crippen molar-refractivity contribution >= 4 is 17.8 Å². The summed E-state index contributed by atoms with van der Waals surface area (Å²) in [7, 11) is 0. The van der Waals surface area contributed by atoms with Crippen LogP contribution in [0.5, 0.6) is 0 Å². The summed E-state index contributed by atoms with van der Waals surface area (Å²) in [4.78, 5) is 32.3. The highest BCUT2D eigenvalue weighted by atomic mass is 16.4. The Balaban J connectivity index is 2.67. The van der Waals surface area contributed by atoms with E-state index in [-0.39, 0.29) is 13.0 Å². The van der Waals surface area contributed by atoms with Crippen molar-refractivity contribution < 1.29 is 19.5 Å². The fraction of sp³-hybridized carbons (Fsp3) is 0.500. The van der Waals surface area contributed by atoms with Crippen LogP contribution in [-0.2, 0) is 14.4 Å². The van der Waals surface area contributed by atoms with Gasteiger partial charge in [-0.25, -0.2) is 4.79 Å². The Bertz CT molecular complexity index is 223. The Labute approximate surface area is 62.6 Å². The van der Waals surface area contributed by atoms with E-state index in [0.29, 0.717) is 6.42 Å². The summed E-state index contributed by atoms with van der Waals surface area (Å²) in [6.45, 7) is 0.240. The van der Waals surface area contributed by atoms with Gasteiger partial charge in [0, 0.05) is 13.0 Å². The van der Waals surface area contributed by atoms with Gasteiger partial charge >= 0.3 is 11.9 Å². The average molecular weight is 157 g/mol. The van der Waals surface area contributed by atoms with Crippen LogP contribution in [0.2, 0.25) is 0 Å². The summed E-state index contributed by atoms with van der Waals surface area (Å²) >= 11 is 0. The molecule has 5 nitrogen and oxygen atoms in total. The van der Waals surface area contributed by atoms with Crippen molar-refractivity contribution in [2.75, 3.05) is 6.54 Å². The molecule has 0 aromatic rings. The molecule has 1 heterocycles. The molecule has 0 radical (unpaired) electrons.